The Morgan fingerprint density at radius 1 is 1.38 bits per heavy atom. The Labute approximate surface area is 132 Å². The first-order valence-electron chi connectivity index (χ1n) is 6.77. The monoisotopic (exact) mass is 345 g/mol. The average Bonchev–Trinajstić information content (AvgIpc) is 2.89. The van der Waals surface area contributed by atoms with Crippen LogP contribution in [0.2, 0.25) is 0 Å². The Kier molecular flexibility index (Phi) is 5.18. The van der Waals surface area contributed by atoms with E-state index in [1.165, 1.54) is 0 Å². The molecule has 0 N–H and O–H groups in total. The van der Waals surface area contributed by atoms with Crippen molar-refractivity contribution in [2.75, 3.05) is 11.4 Å². The summed E-state index contributed by atoms with van der Waals surface area (Å²) in [5.41, 5.74) is 1.42. The minimum absolute atomic E-state index is 0.0935. The molecular weight excluding hydrogens is 330 g/mol. The predicted molar refractivity (Wildman–Crippen MR) is 86.2 cm³/mol. The van der Waals surface area contributed by atoms with E-state index in [1.54, 1.807) is 4.90 Å². The van der Waals surface area contributed by atoms with E-state index in [0.717, 1.165) is 10.2 Å². The predicted octanol–water partition coefficient (Wildman–Crippen LogP) is 3.83. The Morgan fingerprint density at radius 2 is 2.10 bits per heavy atom. The summed E-state index contributed by atoms with van der Waals surface area (Å²) in [6.07, 6.45) is 2.19. The van der Waals surface area contributed by atoms with Crippen LogP contribution in [0.5, 0.6) is 0 Å². The highest BCUT2D eigenvalue weighted by Gasteiger charge is 2.20. The molecule has 5 heteroatoms. The van der Waals surface area contributed by atoms with Gasteiger partial charge in [0.15, 0.2) is 0 Å². The molecular formula is C16H16BrN3O. The molecule has 0 spiro atoms. The molecule has 0 unspecified atom stereocenters. The molecule has 1 aromatic heterocycles. The summed E-state index contributed by atoms with van der Waals surface area (Å²) in [5, 5.41) is 8.82. The molecule has 0 aliphatic rings. The van der Waals surface area contributed by atoms with E-state index < -0.39 is 0 Å². The van der Waals surface area contributed by atoms with Gasteiger partial charge in [-0.25, -0.2) is 0 Å². The maximum Gasteiger partial charge on any atom is 0.274 e. The summed E-state index contributed by atoms with van der Waals surface area (Å²) in [6.45, 7) is 3.09. The largest absolute Gasteiger partial charge is 0.343 e. The Bertz CT molecular complexity index is 658. The van der Waals surface area contributed by atoms with Crippen LogP contribution in [0, 0.1) is 11.3 Å². The van der Waals surface area contributed by atoms with E-state index in [4.69, 9.17) is 5.26 Å². The van der Waals surface area contributed by atoms with Crippen LogP contribution in [-0.2, 0) is 6.54 Å². The molecule has 0 saturated carbocycles. The summed E-state index contributed by atoms with van der Waals surface area (Å²) in [4.78, 5) is 14.5. The van der Waals surface area contributed by atoms with Crippen molar-refractivity contribution < 1.29 is 4.79 Å². The lowest BCUT2D eigenvalue weighted by Crippen LogP contribution is -2.33. The van der Waals surface area contributed by atoms with E-state index in [0.29, 0.717) is 25.2 Å². The number of aromatic nitrogens is 1. The van der Waals surface area contributed by atoms with Crippen molar-refractivity contribution in [1.82, 2.24) is 4.57 Å². The molecule has 4 nitrogen and oxygen atoms in total. The Hall–Kier alpha value is -2.06. The summed E-state index contributed by atoms with van der Waals surface area (Å²) in [7, 11) is 0. The van der Waals surface area contributed by atoms with Gasteiger partial charge in [-0.3, -0.25) is 4.79 Å². The second-order valence-electron chi connectivity index (χ2n) is 4.53. The lowest BCUT2D eigenvalue weighted by molar-refractivity contribution is 0.0978. The van der Waals surface area contributed by atoms with Crippen LogP contribution in [0.15, 0.2) is 47.1 Å². The Morgan fingerprint density at radius 3 is 2.71 bits per heavy atom. The van der Waals surface area contributed by atoms with Crippen LogP contribution >= 0.6 is 15.9 Å². The summed E-state index contributed by atoms with van der Waals surface area (Å²) >= 11 is 3.41. The lowest BCUT2D eigenvalue weighted by Gasteiger charge is -2.22. The number of hydrogen-bond acceptors (Lipinski definition) is 2. The molecule has 0 aliphatic carbocycles. The third-order valence-electron chi connectivity index (χ3n) is 3.18. The van der Waals surface area contributed by atoms with Crippen molar-refractivity contribution in [1.29, 1.82) is 5.26 Å². The molecule has 2 rings (SSSR count). The summed E-state index contributed by atoms with van der Waals surface area (Å²) < 4.78 is 2.77. The van der Waals surface area contributed by atoms with Gasteiger partial charge in [0, 0.05) is 29.4 Å². The molecule has 0 bridgehead atoms. The first kappa shape index (κ1) is 15.3. The third kappa shape index (κ3) is 3.53. The number of aryl methyl sites for hydroxylation is 1. The molecule has 2 aromatic rings. The summed E-state index contributed by atoms with van der Waals surface area (Å²) in [5.74, 6) is -0.0935. The van der Waals surface area contributed by atoms with Gasteiger partial charge in [0.05, 0.1) is 12.5 Å². The number of hydrogen-bond donors (Lipinski definition) is 0. The van der Waals surface area contributed by atoms with E-state index in [1.807, 2.05) is 54.1 Å². The van der Waals surface area contributed by atoms with E-state index in [9.17, 15) is 4.79 Å². The zero-order valence-electron chi connectivity index (χ0n) is 11.8. The molecule has 108 valence electrons. The van der Waals surface area contributed by atoms with Gasteiger partial charge in [-0.1, -0.05) is 18.2 Å². The van der Waals surface area contributed by atoms with Crippen LogP contribution in [0.1, 0.15) is 23.8 Å². The van der Waals surface area contributed by atoms with Crippen molar-refractivity contribution in [3.63, 3.8) is 0 Å². The number of carbonyl (C=O) groups is 1. The zero-order chi connectivity index (χ0) is 15.2. The van der Waals surface area contributed by atoms with E-state index in [-0.39, 0.29) is 5.91 Å². The fraction of sp³-hybridized carbons (Fsp3) is 0.250. The smallest absolute Gasteiger partial charge is 0.274 e. The maximum absolute atomic E-state index is 12.8. The maximum atomic E-state index is 12.8. The molecule has 0 saturated heterocycles. The first-order valence-corrected chi connectivity index (χ1v) is 7.56. The van der Waals surface area contributed by atoms with Gasteiger partial charge in [-0.2, -0.15) is 5.26 Å². The van der Waals surface area contributed by atoms with Crippen molar-refractivity contribution in [3.8, 4) is 6.07 Å². The number of halogens is 1. The number of nitriles is 1. The van der Waals surface area contributed by atoms with E-state index >= 15 is 0 Å². The van der Waals surface area contributed by atoms with Gasteiger partial charge in [-0.15, -0.1) is 0 Å². The second kappa shape index (κ2) is 7.09. The first-order chi connectivity index (χ1) is 10.2. The second-order valence-corrected chi connectivity index (χ2v) is 5.45. The number of benzene rings is 1. The number of carbonyl (C=O) groups excluding carboxylic acids is 1. The molecule has 21 heavy (non-hydrogen) atoms. The SMILES string of the molecule is CCn1cc(Br)cc1C(=O)N(CCC#N)c1ccccc1. The number of anilines is 1. The quantitative estimate of drug-likeness (QED) is 0.826. The van der Waals surface area contributed by atoms with Crippen LogP contribution in [0.4, 0.5) is 5.69 Å². The highest BCUT2D eigenvalue weighted by atomic mass is 79.9. The Balaban J connectivity index is 2.36. The van der Waals surface area contributed by atoms with E-state index in [2.05, 4.69) is 22.0 Å². The van der Waals surface area contributed by atoms with Crippen molar-refractivity contribution in [3.05, 3.63) is 52.8 Å². The highest BCUT2D eigenvalue weighted by Crippen LogP contribution is 2.21. The minimum Gasteiger partial charge on any atom is -0.343 e. The van der Waals surface area contributed by atoms with Crippen LogP contribution in [-0.4, -0.2) is 17.0 Å². The van der Waals surface area contributed by atoms with Crippen molar-refractivity contribution in [2.45, 2.75) is 19.9 Å². The lowest BCUT2D eigenvalue weighted by atomic mass is 10.2. The number of rotatable bonds is 5. The number of para-hydroxylation sites is 1. The molecule has 0 aliphatic heterocycles. The number of nitrogens with zero attached hydrogens (tertiary/aromatic N) is 3. The van der Waals surface area contributed by atoms with Gasteiger partial charge in [0.25, 0.3) is 5.91 Å². The van der Waals surface area contributed by atoms with Gasteiger partial charge in [0.1, 0.15) is 5.69 Å². The van der Waals surface area contributed by atoms with Crippen molar-refractivity contribution >= 4 is 27.5 Å². The van der Waals surface area contributed by atoms with Gasteiger partial charge < -0.3 is 9.47 Å². The molecule has 0 radical (unpaired) electrons. The van der Waals surface area contributed by atoms with Crippen molar-refractivity contribution in [2.24, 2.45) is 0 Å². The third-order valence-corrected chi connectivity index (χ3v) is 3.62. The fourth-order valence-corrected chi connectivity index (χ4v) is 2.64. The summed E-state index contributed by atoms with van der Waals surface area (Å²) in [6, 6.07) is 13.3. The topological polar surface area (TPSA) is 49.0 Å². The molecule has 1 aromatic carbocycles. The molecule has 0 fully saturated rings. The van der Waals surface area contributed by atoms with Gasteiger partial charge in [-0.05, 0) is 41.1 Å². The normalized spacial score (nSPS) is 10.1. The average molecular weight is 346 g/mol. The molecule has 1 amide bonds. The molecule has 0 atom stereocenters. The van der Waals surface area contributed by atoms with Gasteiger partial charge in [0.2, 0.25) is 0 Å². The van der Waals surface area contributed by atoms with Crippen LogP contribution in [0.3, 0.4) is 0 Å². The molecule has 1 heterocycles. The van der Waals surface area contributed by atoms with Crippen LogP contribution in [0.25, 0.3) is 0 Å². The van der Waals surface area contributed by atoms with Crippen LogP contribution < -0.4 is 4.90 Å². The standard InChI is InChI=1S/C16H16BrN3O/c1-2-19-12-13(17)11-15(19)16(21)20(10-6-9-18)14-7-4-3-5-8-14/h3-5,7-8,11-12H,2,6,10H2,1H3. The fourth-order valence-electron chi connectivity index (χ4n) is 2.17. The minimum atomic E-state index is -0.0935. The highest BCUT2D eigenvalue weighted by molar-refractivity contribution is 9.10. The zero-order valence-corrected chi connectivity index (χ0v) is 13.4. The number of amides is 1. The van der Waals surface area contributed by atoms with Gasteiger partial charge >= 0.3 is 0 Å².